The van der Waals surface area contributed by atoms with Crippen LogP contribution in [0, 0.1) is 11.8 Å². The van der Waals surface area contributed by atoms with Gasteiger partial charge in [0.05, 0.1) is 26.4 Å². The summed E-state index contributed by atoms with van der Waals surface area (Å²) < 4.78 is 68.7. The number of aliphatic hydroxyl groups excluding tert-OH is 1. The molecule has 0 spiro atoms. The SMILES string of the molecule is CCCCCCCCCCCCCCCCCCCCCCCC(=O)O[C@H](COC(=O)CCCCCCCCCCCCCCC(C)C)COP(=O)(O)OC[C@@H](O)COP(=O)(O)OC[C@@H](COC(=O)CCCCCCCCC(C)CC)OC(=O)CCCCCCCCCCCCCCC. The molecule has 17 nitrogen and oxygen atoms in total. The quantitative estimate of drug-likeness (QED) is 0.0222. The lowest BCUT2D eigenvalue weighted by molar-refractivity contribution is -0.161. The molecule has 3 unspecified atom stereocenters. The first kappa shape index (κ1) is 97.1. The summed E-state index contributed by atoms with van der Waals surface area (Å²) in [6, 6.07) is 0. The average Bonchev–Trinajstić information content (AvgIpc) is 1.26. The van der Waals surface area contributed by atoms with Crippen LogP contribution in [0.5, 0.6) is 0 Å². The summed E-state index contributed by atoms with van der Waals surface area (Å²) in [5.74, 6) is -0.598. The molecule has 0 heterocycles. The second-order valence-electron chi connectivity index (χ2n) is 29.5. The van der Waals surface area contributed by atoms with Gasteiger partial charge in [-0.2, -0.15) is 0 Å². The summed E-state index contributed by atoms with van der Waals surface area (Å²) in [6.07, 6.45) is 61.1. The van der Waals surface area contributed by atoms with E-state index in [1.807, 2.05) is 0 Å². The molecule has 0 amide bonds. The Bertz CT molecular complexity index is 1910. The lowest BCUT2D eigenvalue weighted by atomic mass is 10.00. The second-order valence-corrected chi connectivity index (χ2v) is 32.4. The highest BCUT2D eigenvalue weighted by Crippen LogP contribution is 2.45. The molecule has 6 atom stereocenters. The fraction of sp³-hybridized carbons (Fsp3) is 0.950. The maximum Gasteiger partial charge on any atom is 0.472 e. The van der Waals surface area contributed by atoms with Gasteiger partial charge >= 0.3 is 39.5 Å². The first-order chi connectivity index (χ1) is 47.9. The third kappa shape index (κ3) is 72.8. The minimum absolute atomic E-state index is 0.107. The lowest BCUT2D eigenvalue weighted by Gasteiger charge is -2.21. The van der Waals surface area contributed by atoms with E-state index in [-0.39, 0.29) is 25.7 Å². The van der Waals surface area contributed by atoms with Gasteiger partial charge in [0.1, 0.15) is 19.3 Å². The number of carbonyl (C=O) groups excluding carboxylic acids is 4. The molecule has 0 bridgehead atoms. The predicted octanol–water partition coefficient (Wildman–Crippen LogP) is 23.9. The van der Waals surface area contributed by atoms with Gasteiger partial charge in [0, 0.05) is 25.7 Å². The van der Waals surface area contributed by atoms with E-state index >= 15 is 0 Å². The zero-order valence-corrected chi connectivity index (χ0v) is 66.6. The Morgan fingerprint density at radius 3 is 0.768 bits per heavy atom. The number of hydrogen-bond acceptors (Lipinski definition) is 15. The monoisotopic (exact) mass is 1450 g/mol. The Hall–Kier alpha value is -1.94. The van der Waals surface area contributed by atoms with Crippen molar-refractivity contribution in [2.24, 2.45) is 11.8 Å². The van der Waals surface area contributed by atoms with Crippen LogP contribution < -0.4 is 0 Å². The molecule has 99 heavy (non-hydrogen) atoms. The number of phosphoric acid groups is 2. The fourth-order valence-corrected chi connectivity index (χ4v) is 13.9. The van der Waals surface area contributed by atoms with E-state index in [1.165, 1.54) is 231 Å². The zero-order chi connectivity index (χ0) is 72.8. The Morgan fingerprint density at radius 1 is 0.293 bits per heavy atom. The Balaban J connectivity index is 5.22. The van der Waals surface area contributed by atoms with Crippen molar-refractivity contribution in [3.63, 3.8) is 0 Å². The van der Waals surface area contributed by atoms with Gasteiger partial charge in [0.25, 0.3) is 0 Å². The maximum absolute atomic E-state index is 13.1. The molecule has 0 radical (unpaired) electrons. The molecule has 588 valence electrons. The summed E-state index contributed by atoms with van der Waals surface area (Å²) in [5.41, 5.74) is 0. The van der Waals surface area contributed by atoms with Crippen molar-refractivity contribution >= 4 is 39.5 Å². The van der Waals surface area contributed by atoms with Crippen LogP contribution in [0.15, 0.2) is 0 Å². The molecule has 0 aromatic heterocycles. The molecule has 0 aliphatic carbocycles. The highest BCUT2D eigenvalue weighted by atomic mass is 31.2. The van der Waals surface area contributed by atoms with Crippen LogP contribution in [0.1, 0.15) is 420 Å². The number of aliphatic hydroxyl groups is 1. The van der Waals surface area contributed by atoms with Gasteiger partial charge in [-0.25, -0.2) is 9.13 Å². The van der Waals surface area contributed by atoms with Crippen molar-refractivity contribution in [1.29, 1.82) is 0 Å². The summed E-state index contributed by atoms with van der Waals surface area (Å²) in [4.78, 5) is 73.0. The van der Waals surface area contributed by atoms with E-state index in [9.17, 15) is 43.2 Å². The van der Waals surface area contributed by atoms with Gasteiger partial charge < -0.3 is 33.8 Å². The smallest absolute Gasteiger partial charge is 0.462 e. The van der Waals surface area contributed by atoms with Crippen LogP contribution in [0.4, 0.5) is 0 Å². The summed E-state index contributed by atoms with van der Waals surface area (Å²) >= 11 is 0. The van der Waals surface area contributed by atoms with Crippen LogP contribution in [-0.2, 0) is 65.4 Å². The first-order valence-corrected chi connectivity index (χ1v) is 44.5. The lowest BCUT2D eigenvalue weighted by Crippen LogP contribution is -2.30. The van der Waals surface area contributed by atoms with Crippen molar-refractivity contribution < 1.29 is 80.2 Å². The van der Waals surface area contributed by atoms with E-state index < -0.39 is 97.5 Å². The van der Waals surface area contributed by atoms with Crippen molar-refractivity contribution in [1.82, 2.24) is 0 Å². The molecule has 0 aromatic rings. The van der Waals surface area contributed by atoms with Gasteiger partial charge in [0.15, 0.2) is 12.2 Å². The highest BCUT2D eigenvalue weighted by molar-refractivity contribution is 7.47. The minimum Gasteiger partial charge on any atom is -0.462 e. The molecule has 0 aliphatic heterocycles. The number of rotatable bonds is 79. The first-order valence-electron chi connectivity index (χ1n) is 41.5. The molecule has 0 aromatic carbocycles. The van der Waals surface area contributed by atoms with Gasteiger partial charge in [-0.05, 0) is 37.5 Å². The molecule has 0 aliphatic rings. The standard InChI is InChI=1S/C80H156O17P2/c1-7-10-12-14-16-18-20-22-23-24-25-26-27-28-29-31-37-41-45-53-59-65-79(84)96-75(68-90-77(82)62-56-50-43-39-35-33-32-34-38-42-48-54-60-72(4)5)70-94-98(86,87)92-66-74(81)67-93-99(88,89)95-71-76(69-91-78(83)63-57-51-47-46-49-55-61-73(6)9-3)97-80(85)64-58-52-44-40-36-30-21-19-17-15-13-11-8-2/h72-76,81H,7-71H2,1-6H3,(H,86,87)(H,88,89)/t73?,74-,75-,76-/m1/s1. The third-order valence-electron chi connectivity index (χ3n) is 19.1. The van der Waals surface area contributed by atoms with E-state index in [1.54, 1.807) is 0 Å². The Labute approximate surface area is 607 Å². The van der Waals surface area contributed by atoms with Crippen molar-refractivity contribution in [2.45, 2.75) is 439 Å². The van der Waals surface area contributed by atoms with E-state index in [0.717, 1.165) is 108 Å². The van der Waals surface area contributed by atoms with Crippen molar-refractivity contribution in [3.05, 3.63) is 0 Å². The summed E-state index contributed by atoms with van der Waals surface area (Å²) in [5, 5.41) is 10.6. The molecule has 0 saturated carbocycles. The van der Waals surface area contributed by atoms with Crippen LogP contribution in [0.25, 0.3) is 0 Å². The predicted molar refractivity (Wildman–Crippen MR) is 405 cm³/mol. The van der Waals surface area contributed by atoms with Crippen LogP contribution >= 0.6 is 15.6 Å². The van der Waals surface area contributed by atoms with Gasteiger partial charge in [-0.15, -0.1) is 0 Å². The number of carbonyl (C=O) groups is 4. The largest absolute Gasteiger partial charge is 0.472 e. The molecule has 19 heteroatoms. The normalized spacial score (nSPS) is 14.2. The Morgan fingerprint density at radius 2 is 0.515 bits per heavy atom. The van der Waals surface area contributed by atoms with Gasteiger partial charge in [0.2, 0.25) is 0 Å². The van der Waals surface area contributed by atoms with Gasteiger partial charge in [-0.1, -0.05) is 369 Å². The number of esters is 4. The summed E-state index contributed by atoms with van der Waals surface area (Å²) in [7, 11) is -9.92. The van der Waals surface area contributed by atoms with E-state index in [0.29, 0.717) is 25.7 Å². The number of phosphoric ester groups is 2. The van der Waals surface area contributed by atoms with Crippen molar-refractivity contribution in [2.75, 3.05) is 39.6 Å². The average molecular weight is 1450 g/mol. The van der Waals surface area contributed by atoms with Crippen LogP contribution in [0.2, 0.25) is 0 Å². The van der Waals surface area contributed by atoms with E-state index in [4.69, 9.17) is 37.0 Å². The third-order valence-corrected chi connectivity index (χ3v) is 21.0. The Kier molecular flexibility index (Phi) is 70.3. The fourth-order valence-electron chi connectivity index (χ4n) is 12.3. The summed E-state index contributed by atoms with van der Waals surface area (Å²) in [6.45, 7) is 9.60. The number of ether oxygens (including phenoxy) is 4. The molecule has 0 rings (SSSR count). The molecule has 0 saturated heterocycles. The molecule has 3 N–H and O–H groups in total. The van der Waals surface area contributed by atoms with Crippen LogP contribution in [-0.4, -0.2) is 96.7 Å². The van der Waals surface area contributed by atoms with Crippen LogP contribution in [0.3, 0.4) is 0 Å². The highest BCUT2D eigenvalue weighted by Gasteiger charge is 2.30. The second kappa shape index (κ2) is 71.7. The molecular formula is C80H156O17P2. The number of hydrogen-bond donors (Lipinski definition) is 3. The minimum atomic E-state index is -4.96. The van der Waals surface area contributed by atoms with Crippen molar-refractivity contribution in [3.8, 4) is 0 Å². The zero-order valence-electron chi connectivity index (χ0n) is 64.8. The number of unbranched alkanes of at least 4 members (excludes halogenated alkanes) is 48. The molecular weight excluding hydrogens is 1290 g/mol. The topological polar surface area (TPSA) is 237 Å². The van der Waals surface area contributed by atoms with E-state index in [2.05, 4.69) is 41.5 Å². The van der Waals surface area contributed by atoms with Gasteiger partial charge in [-0.3, -0.25) is 37.3 Å². The molecule has 0 fully saturated rings. The maximum atomic E-state index is 13.1.